The summed E-state index contributed by atoms with van der Waals surface area (Å²) in [6, 6.07) is 1.31. The first-order valence-electron chi connectivity index (χ1n) is 5.31. The van der Waals surface area contributed by atoms with Crippen molar-refractivity contribution >= 4 is 22.1 Å². The molecule has 0 atom stereocenters. The van der Waals surface area contributed by atoms with Crippen molar-refractivity contribution in [2.75, 3.05) is 0 Å². The van der Waals surface area contributed by atoms with Crippen LogP contribution in [0.3, 0.4) is 0 Å². The van der Waals surface area contributed by atoms with Crippen molar-refractivity contribution in [3.8, 4) is 0 Å². The molecular formula is C10H10FN3O4S. The molecule has 7 nitrogen and oxygen atoms in total. The molecule has 0 fully saturated rings. The van der Waals surface area contributed by atoms with Crippen molar-refractivity contribution in [1.82, 2.24) is 4.31 Å². The van der Waals surface area contributed by atoms with Crippen LogP contribution in [0.4, 0.5) is 10.1 Å². The van der Waals surface area contributed by atoms with Gasteiger partial charge in [0.2, 0.25) is 0 Å². The van der Waals surface area contributed by atoms with Gasteiger partial charge in [-0.15, -0.1) is 4.40 Å². The fourth-order valence-electron chi connectivity index (χ4n) is 1.69. The molecule has 9 heteroatoms. The van der Waals surface area contributed by atoms with Crippen LogP contribution in [0.5, 0.6) is 0 Å². The van der Waals surface area contributed by atoms with Gasteiger partial charge in [0.05, 0.1) is 11.0 Å². The van der Waals surface area contributed by atoms with E-state index >= 15 is 0 Å². The minimum absolute atomic E-state index is 0.0650. The van der Waals surface area contributed by atoms with Gasteiger partial charge in [0.1, 0.15) is 5.36 Å². The highest BCUT2D eigenvalue weighted by molar-refractivity contribution is 7.88. The lowest BCUT2D eigenvalue weighted by Crippen LogP contribution is -2.43. The number of fused-ring (bicyclic) bond motifs is 1. The predicted molar refractivity (Wildman–Crippen MR) is 64.2 cm³/mol. The maximum Gasteiger partial charge on any atom is 0.345 e. The number of nitrogens with zero attached hydrogens (tertiary/aromatic N) is 3. The van der Waals surface area contributed by atoms with Crippen LogP contribution in [-0.2, 0) is 10.2 Å². The number of nitro groups is 1. The largest absolute Gasteiger partial charge is 0.345 e. The van der Waals surface area contributed by atoms with Crippen LogP contribution in [0, 0.1) is 15.9 Å². The highest BCUT2D eigenvalue weighted by Crippen LogP contribution is 2.13. The summed E-state index contributed by atoms with van der Waals surface area (Å²) in [5, 5.41) is 10.3. The van der Waals surface area contributed by atoms with E-state index in [4.69, 9.17) is 0 Å². The molecule has 0 radical (unpaired) electrons. The van der Waals surface area contributed by atoms with Crippen LogP contribution in [0.15, 0.2) is 16.5 Å². The van der Waals surface area contributed by atoms with Crippen LogP contribution in [0.2, 0.25) is 0 Å². The second-order valence-corrected chi connectivity index (χ2v) is 5.74. The quantitative estimate of drug-likeness (QED) is 0.568. The Hall–Kier alpha value is -2.03. The molecule has 0 amide bonds. The van der Waals surface area contributed by atoms with Gasteiger partial charge in [0.25, 0.3) is 5.69 Å². The van der Waals surface area contributed by atoms with E-state index in [1.807, 2.05) is 0 Å². The number of non-ortho nitro benzene ring substituents is 1. The van der Waals surface area contributed by atoms with Crippen molar-refractivity contribution in [2.45, 2.75) is 19.9 Å². The summed E-state index contributed by atoms with van der Waals surface area (Å²) in [5.41, 5.74) is -0.453. The summed E-state index contributed by atoms with van der Waals surface area (Å²) in [4.78, 5) is 9.89. The lowest BCUT2D eigenvalue weighted by atomic mass is 10.2. The third-order valence-corrected chi connectivity index (χ3v) is 4.01. The summed E-state index contributed by atoms with van der Waals surface area (Å²) in [7, 11) is -4.00. The summed E-state index contributed by atoms with van der Waals surface area (Å²) < 4.78 is 41.5. The van der Waals surface area contributed by atoms with Crippen molar-refractivity contribution in [1.29, 1.82) is 0 Å². The number of hydrogen-bond acceptors (Lipinski definition) is 4. The molecule has 0 saturated heterocycles. The third kappa shape index (κ3) is 2.28. The third-order valence-electron chi connectivity index (χ3n) is 2.54. The number of halogens is 1. The Balaban J connectivity index is 2.83. The van der Waals surface area contributed by atoms with E-state index in [1.165, 1.54) is 0 Å². The van der Waals surface area contributed by atoms with Gasteiger partial charge in [-0.25, -0.2) is 4.39 Å². The van der Waals surface area contributed by atoms with E-state index in [-0.39, 0.29) is 5.22 Å². The minimum atomic E-state index is -4.00. The van der Waals surface area contributed by atoms with Crippen LogP contribution in [0.1, 0.15) is 13.8 Å². The second kappa shape index (κ2) is 4.26. The highest BCUT2D eigenvalue weighted by atomic mass is 32.2. The maximum atomic E-state index is 13.7. The molecule has 1 aromatic carbocycles. The molecule has 19 heavy (non-hydrogen) atoms. The minimum Gasteiger partial charge on any atom is -0.258 e. The van der Waals surface area contributed by atoms with E-state index in [9.17, 15) is 22.9 Å². The Bertz CT molecular complexity index is 773. The van der Waals surface area contributed by atoms with E-state index in [0.717, 1.165) is 16.6 Å². The average molecular weight is 287 g/mol. The Kier molecular flexibility index (Phi) is 3.01. The standard InChI is InChI=1S/C10H10FN3O4S/c1-6(2)13-5-7-3-8(14(15)16)4-9(11)10(7)12-19(13,17)18/h3-6H,1-2H3. The first-order chi connectivity index (χ1) is 8.72. The summed E-state index contributed by atoms with van der Waals surface area (Å²) in [6.45, 7) is 3.23. The molecule has 0 N–H and O–H groups in total. The molecule has 0 spiro atoms. The van der Waals surface area contributed by atoms with Crippen molar-refractivity contribution in [3.63, 3.8) is 0 Å². The molecule has 2 rings (SSSR count). The first-order valence-corrected chi connectivity index (χ1v) is 6.71. The van der Waals surface area contributed by atoms with E-state index in [1.54, 1.807) is 13.8 Å². The van der Waals surface area contributed by atoms with Gasteiger partial charge < -0.3 is 0 Å². The average Bonchev–Trinajstić information content (AvgIpc) is 2.27. The Morgan fingerprint density at radius 1 is 1.42 bits per heavy atom. The Labute approximate surface area is 108 Å². The molecule has 1 aromatic rings. The molecule has 1 aliphatic heterocycles. The van der Waals surface area contributed by atoms with Gasteiger partial charge in [-0.05, 0) is 13.8 Å². The van der Waals surface area contributed by atoms with Gasteiger partial charge in [0, 0.05) is 23.5 Å². The zero-order valence-electron chi connectivity index (χ0n) is 10.1. The Morgan fingerprint density at radius 2 is 2.05 bits per heavy atom. The molecule has 0 bridgehead atoms. The van der Waals surface area contributed by atoms with Gasteiger partial charge in [0.15, 0.2) is 5.82 Å². The normalized spacial score (nSPS) is 16.5. The van der Waals surface area contributed by atoms with Crippen molar-refractivity contribution in [2.24, 2.45) is 4.40 Å². The smallest absolute Gasteiger partial charge is 0.258 e. The van der Waals surface area contributed by atoms with Gasteiger partial charge in [-0.1, -0.05) is 0 Å². The fraction of sp³-hybridized carbons (Fsp3) is 0.300. The van der Waals surface area contributed by atoms with Crippen LogP contribution < -0.4 is 10.6 Å². The lowest BCUT2D eigenvalue weighted by molar-refractivity contribution is -0.385. The number of rotatable bonds is 2. The molecule has 1 heterocycles. The first kappa shape index (κ1) is 13.4. The van der Waals surface area contributed by atoms with Gasteiger partial charge in [-0.3, -0.25) is 14.4 Å². The number of benzene rings is 1. The summed E-state index contributed by atoms with van der Waals surface area (Å²) in [6.07, 6.45) is 1.15. The lowest BCUT2D eigenvalue weighted by Gasteiger charge is -2.23. The number of hydrogen-bond donors (Lipinski definition) is 0. The predicted octanol–water partition coefficient (Wildman–Crippen LogP) is 0.0603. The molecule has 0 aromatic heterocycles. The maximum absolute atomic E-state index is 13.7. The van der Waals surface area contributed by atoms with Crippen molar-refractivity contribution in [3.05, 3.63) is 38.6 Å². The SMILES string of the molecule is CC(C)N1C=c2cc([N+](=O)[O-])cc(F)c2=NS1(=O)=O. The van der Waals surface area contributed by atoms with E-state index < -0.39 is 38.0 Å². The van der Waals surface area contributed by atoms with Crippen LogP contribution >= 0.6 is 0 Å². The Morgan fingerprint density at radius 3 is 2.58 bits per heavy atom. The molecule has 0 saturated carbocycles. The molecule has 102 valence electrons. The zero-order valence-corrected chi connectivity index (χ0v) is 10.9. The molecule has 1 aliphatic rings. The molecule has 0 aliphatic carbocycles. The second-order valence-electron chi connectivity index (χ2n) is 4.24. The van der Waals surface area contributed by atoms with Gasteiger partial charge >= 0.3 is 10.2 Å². The zero-order chi connectivity index (χ0) is 14.4. The van der Waals surface area contributed by atoms with E-state index in [2.05, 4.69) is 4.40 Å². The molecular weight excluding hydrogens is 277 g/mol. The summed E-state index contributed by atoms with van der Waals surface area (Å²) in [5.74, 6) is -1.03. The van der Waals surface area contributed by atoms with Crippen LogP contribution in [0.25, 0.3) is 6.20 Å². The number of nitro benzene ring substituents is 1. The highest BCUT2D eigenvalue weighted by Gasteiger charge is 2.25. The van der Waals surface area contributed by atoms with Gasteiger partial charge in [-0.2, -0.15) is 8.42 Å². The summed E-state index contributed by atoms with van der Waals surface area (Å²) >= 11 is 0. The monoisotopic (exact) mass is 287 g/mol. The molecule has 0 unspecified atom stereocenters. The fourth-order valence-corrected chi connectivity index (χ4v) is 2.98. The van der Waals surface area contributed by atoms with Crippen LogP contribution in [-0.4, -0.2) is 23.7 Å². The van der Waals surface area contributed by atoms with E-state index in [0.29, 0.717) is 6.07 Å². The van der Waals surface area contributed by atoms with Crippen molar-refractivity contribution < 1.29 is 17.7 Å². The topological polar surface area (TPSA) is 92.9 Å².